The van der Waals surface area contributed by atoms with Crippen LogP contribution >= 0.6 is 15.9 Å². The van der Waals surface area contributed by atoms with Gasteiger partial charge in [0.1, 0.15) is 16.2 Å². The lowest BCUT2D eigenvalue weighted by molar-refractivity contribution is 0.457. The lowest BCUT2D eigenvalue weighted by Crippen LogP contribution is -1.97. The van der Waals surface area contributed by atoms with Crippen LogP contribution in [0, 0.1) is 13.8 Å². The Kier molecular flexibility index (Phi) is 3.27. The van der Waals surface area contributed by atoms with Gasteiger partial charge >= 0.3 is 0 Å². The van der Waals surface area contributed by atoms with Gasteiger partial charge in [0.25, 0.3) is 0 Å². The number of ether oxygens (including phenoxy) is 1. The van der Waals surface area contributed by atoms with Crippen molar-refractivity contribution in [3.63, 3.8) is 0 Å². The van der Waals surface area contributed by atoms with Crippen LogP contribution in [0.2, 0.25) is 0 Å². The first-order chi connectivity index (χ1) is 9.10. The van der Waals surface area contributed by atoms with Gasteiger partial charge in [0.2, 0.25) is 5.88 Å². The predicted molar refractivity (Wildman–Crippen MR) is 77.7 cm³/mol. The van der Waals surface area contributed by atoms with Gasteiger partial charge in [-0.25, -0.2) is 4.98 Å². The molecule has 0 amide bonds. The largest absolute Gasteiger partial charge is 0.439 e. The van der Waals surface area contributed by atoms with Gasteiger partial charge in [-0.1, -0.05) is 6.07 Å². The molecule has 3 rings (SSSR count). The molecule has 3 nitrogen and oxygen atoms in total. The molecule has 2 aromatic rings. The average molecular weight is 319 g/mol. The van der Waals surface area contributed by atoms with Crippen molar-refractivity contribution in [3.8, 4) is 11.6 Å². The summed E-state index contributed by atoms with van der Waals surface area (Å²) in [5, 5.41) is 0. The van der Waals surface area contributed by atoms with Crippen LogP contribution in [0.4, 0.5) is 0 Å². The minimum atomic E-state index is 0.513. The van der Waals surface area contributed by atoms with Crippen molar-refractivity contribution in [1.29, 1.82) is 0 Å². The van der Waals surface area contributed by atoms with Crippen molar-refractivity contribution in [3.05, 3.63) is 45.8 Å². The number of hydrogen-bond donors (Lipinski definition) is 0. The smallest absolute Gasteiger partial charge is 0.223 e. The number of aryl methyl sites for hydroxylation is 2. The summed E-state index contributed by atoms with van der Waals surface area (Å²) >= 11 is 3.42. The van der Waals surface area contributed by atoms with Crippen LogP contribution < -0.4 is 4.74 Å². The molecule has 1 saturated carbocycles. The van der Waals surface area contributed by atoms with E-state index in [1.54, 1.807) is 0 Å². The highest BCUT2D eigenvalue weighted by atomic mass is 79.9. The van der Waals surface area contributed by atoms with Crippen molar-refractivity contribution in [2.45, 2.75) is 32.6 Å². The van der Waals surface area contributed by atoms with Crippen LogP contribution in [-0.2, 0) is 0 Å². The van der Waals surface area contributed by atoms with Gasteiger partial charge < -0.3 is 4.74 Å². The third kappa shape index (κ3) is 3.13. The standard InChI is InChI=1S/C15H15BrN2O/c1-9-5-10(2)7-12(6-9)19-14-8-13(16)17-15(18-14)11-3-4-11/h5-8,11H,3-4H2,1-2H3. The molecule has 0 spiro atoms. The predicted octanol–water partition coefficient (Wildman–Crippen LogP) is 4.53. The Morgan fingerprint density at radius 3 is 2.37 bits per heavy atom. The van der Waals surface area contributed by atoms with Gasteiger partial charge in [-0.3, -0.25) is 0 Å². The maximum atomic E-state index is 5.86. The van der Waals surface area contributed by atoms with E-state index in [2.05, 4.69) is 45.8 Å². The van der Waals surface area contributed by atoms with Crippen molar-refractivity contribution >= 4 is 15.9 Å². The molecule has 4 heteroatoms. The monoisotopic (exact) mass is 318 g/mol. The van der Waals surface area contributed by atoms with Gasteiger partial charge in [0.15, 0.2) is 0 Å². The minimum Gasteiger partial charge on any atom is -0.439 e. The third-order valence-electron chi connectivity index (χ3n) is 3.05. The topological polar surface area (TPSA) is 35.0 Å². The Morgan fingerprint density at radius 1 is 1.05 bits per heavy atom. The van der Waals surface area contributed by atoms with E-state index >= 15 is 0 Å². The van der Waals surface area contributed by atoms with Gasteiger partial charge in [0.05, 0.1) is 0 Å². The van der Waals surface area contributed by atoms with Gasteiger partial charge in [-0.15, -0.1) is 0 Å². The molecule has 1 heterocycles. The fraction of sp³-hybridized carbons (Fsp3) is 0.333. The second-order valence-electron chi connectivity index (χ2n) is 5.09. The van der Waals surface area contributed by atoms with Crippen LogP contribution in [0.25, 0.3) is 0 Å². The molecule has 0 radical (unpaired) electrons. The normalized spacial score (nSPS) is 14.5. The Hall–Kier alpha value is -1.42. The molecule has 1 fully saturated rings. The van der Waals surface area contributed by atoms with E-state index in [1.165, 1.54) is 24.0 Å². The number of nitrogens with zero attached hydrogens (tertiary/aromatic N) is 2. The fourth-order valence-corrected chi connectivity index (χ4v) is 2.48. The van der Waals surface area contributed by atoms with E-state index in [0.717, 1.165) is 16.2 Å². The van der Waals surface area contributed by atoms with Crippen molar-refractivity contribution in [2.75, 3.05) is 0 Å². The van der Waals surface area contributed by atoms with Crippen LogP contribution in [0.15, 0.2) is 28.9 Å². The number of rotatable bonds is 3. The maximum absolute atomic E-state index is 5.86. The average Bonchev–Trinajstić information content (AvgIpc) is 3.09. The van der Waals surface area contributed by atoms with Gasteiger partial charge in [-0.05, 0) is 65.9 Å². The Balaban J connectivity index is 1.89. The van der Waals surface area contributed by atoms with E-state index in [1.807, 2.05) is 18.2 Å². The Bertz CT molecular complexity index is 603. The summed E-state index contributed by atoms with van der Waals surface area (Å²) in [5.41, 5.74) is 2.37. The zero-order valence-corrected chi connectivity index (χ0v) is 12.6. The van der Waals surface area contributed by atoms with E-state index in [-0.39, 0.29) is 0 Å². The molecular weight excluding hydrogens is 304 g/mol. The SMILES string of the molecule is Cc1cc(C)cc(Oc2cc(Br)nc(C3CC3)n2)c1. The summed E-state index contributed by atoms with van der Waals surface area (Å²) in [6.07, 6.45) is 2.36. The molecule has 0 atom stereocenters. The van der Waals surface area contributed by atoms with Gasteiger partial charge in [0, 0.05) is 12.0 Å². The van der Waals surface area contributed by atoms with Crippen molar-refractivity contribution < 1.29 is 4.74 Å². The quantitative estimate of drug-likeness (QED) is 0.780. The third-order valence-corrected chi connectivity index (χ3v) is 3.46. The number of halogens is 1. The summed E-state index contributed by atoms with van der Waals surface area (Å²) < 4.78 is 6.64. The molecule has 0 unspecified atom stereocenters. The summed E-state index contributed by atoms with van der Waals surface area (Å²) in [7, 11) is 0. The molecule has 98 valence electrons. The summed E-state index contributed by atoms with van der Waals surface area (Å²) in [5.74, 6) is 2.83. The van der Waals surface area contributed by atoms with Crippen LogP contribution in [-0.4, -0.2) is 9.97 Å². The number of hydrogen-bond acceptors (Lipinski definition) is 3. The zero-order chi connectivity index (χ0) is 13.4. The second-order valence-corrected chi connectivity index (χ2v) is 5.90. The molecule has 1 aliphatic rings. The van der Waals surface area contributed by atoms with Crippen LogP contribution in [0.1, 0.15) is 35.7 Å². The number of aromatic nitrogens is 2. The first kappa shape index (κ1) is 12.6. The second kappa shape index (κ2) is 4.93. The summed E-state index contributed by atoms with van der Waals surface area (Å²) in [6, 6.07) is 7.96. The van der Waals surface area contributed by atoms with E-state index in [4.69, 9.17) is 4.74 Å². The molecule has 1 aromatic heterocycles. The number of benzene rings is 1. The summed E-state index contributed by atoms with van der Waals surface area (Å²) in [4.78, 5) is 8.89. The molecule has 19 heavy (non-hydrogen) atoms. The van der Waals surface area contributed by atoms with Gasteiger partial charge in [-0.2, -0.15) is 4.98 Å². The first-order valence-electron chi connectivity index (χ1n) is 6.41. The Labute approximate surface area is 121 Å². The lowest BCUT2D eigenvalue weighted by Gasteiger charge is -2.08. The fourth-order valence-electron chi connectivity index (χ4n) is 2.10. The molecule has 0 aliphatic heterocycles. The highest BCUT2D eigenvalue weighted by Crippen LogP contribution is 2.39. The van der Waals surface area contributed by atoms with E-state index in [0.29, 0.717) is 11.8 Å². The molecule has 0 bridgehead atoms. The van der Waals surface area contributed by atoms with E-state index < -0.39 is 0 Å². The first-order valence-corrected chi connectivity index (χ1v) is 7.20. The van der Waals surface area contributed by atoms with Crippen LogP contribution in [0.3, 0.4) is 0 Å². The molecule has 1 aliphatic carbocycles. The lowest BCUT2D eigenvalue weighted by atomic mass is 10.1. The Morgan fingerprint density at radius 2 is 1.74 bits per heavy atom. The molecule has 0 saturated heterocycles. The van der Waals surface area contributed by atoms with Crippen molar-refractivity contribution in [2.24, 2.45) is 0 Å². The minimum absolute atomic E-state index is 0.513. The van der Waals surface area contributed by atoms with Crippen molar-refractivity contribution in [1.82, 2.24) is 9.97 Å². The maximum Gasteiger partial charge on any atom is 0.223 e. The highest BCUT2D eigenvalue weighted by Gasteiger charge is 2.27. The molecule has 0 N–H and O–H groups in total. The highest BCUT2D eigenvalue weighted by molar-refractivity contribution is 9.10. The van der Waals surface area contributed by atoms with E-state index in [9.17, 15) is 0 Å². The summed E-state index contributed by atoms with van der Waals surface area (Å²) in [6.45, 7) is 4.12. The van der Waals surface area contributed by atoms with Crippen LogP contribution in [0.5, 0.6) is 11.6 Å². The molecular formula is C15H15BrN2O. The zero-order valence-electron chi connectivity index (χ0n) is 11.0. The molecule has 1 aromatic carbocycles.